The molecule has 1 aromatic rings. The highest BCUT2D eigenvalue weighted by atomic mass is 32.2. The van der Waals surface area contributed by atoms with Crippen LogP contribution in [0.25, 0.3) is 0 Å². The minimum absolute atomic E-state index is 0.00198. The number of amides is 2. The number of carbonyl (C=O) groups excluding carboxylic acids is 2. The van der Waals surface area contributed by atoms with Crippen molar-refractivity contribution in [1.82, 2.24) is 14.9 Å². The lowest BCUT2D eigenvalue weighted by Crippen LogP contribution is -2.60. The molecule has 1 aliphatic heterocycles. The van der Waals surface area contributed by atoms with Crippen LogP contribution in [-0.2, 0) is 26.2 Å². The number of piperidine rings is 1. The Bertz CT molecular complexity index is 1100. The van der Waals surface area contributed by atoms with Crippen molar-refractivity contribution in [1.29, 1.82) is 5.26 Å². The van der Waals surface area contributed by atoms with Gasteiger partial charge in [0.25, 0.3) is 0 Å². The van der Waals surface area contributed by atoms with Gasteiger partial charge in [-0.15, -0.1) is 13.2 Å². The summed E-state index contributed by atoms with van der Waals surface area (Å²) in [5, 5.41) is 21.7. The van der Waals surface area contributed by atoms with Crippen molar-refractivity contribution in [3.8, 4) is 11.8 Å². The largest absolute Gasteiger partial charge is 0.573 e. The maximum Gasteiger partial charge on any atom is 0.573 e. The van der Waals surface area contributed by atoms with Gasteiger partial charge in [-0.3, -0.25) is 9.59 Å². The maximum atomic E-state index is 13.0. The average Bonchev–Trinajstić information content (AvgIpc) is 2.73. The van der Waals surface area contributed by atoms with Gasteiger partial charge in [0.1, 0.15) is 11.8 Å². The van der Waals surface area contributed by atoms with E-state index in [-0.39, 0.29) is 30.8 Å². The number of benzene rings is 1. The molecule has 14 heteroatoms. The third-order valence-electron chi connectivity index (χ3n) is 5.26. The van der Waals surface area contributed by atoms with Crippen molar-refractivity contribution in [3.05, 3.63) is 29.3 Å². The van der Waals surface area contributed by atoms with E-state index in [4.69, 9.17) is 5.26 Å². The van der Waals surface area contributed by atoms with E-state index in [1.54, 1.807) is 6.07 Å². The molecule has 0 aromatic heterocycles. The molecule has 1 aliphatic rings. The lowest BCUT2D eigenvalue weighted by molar-refractivity contribution is -0.274. The number of halogens is 3. The molecule has 194 valence electrons. The van der Waals surface area contributed by atoms with E-state index in [2.05, 4.69) is 14.8 Å². The van der Waals surface area contributed by atoms with Crippen molar-refractivity contribution in [2.75, 3.05) is 19.3 Å². The molecular formula is C21H27F3N4O6S. The lowest BCUT2D eigenvalue weighted by Gasteiger charge is -2.37. The molecule has 0 radical (unpaired) electrons. The van der Waals surface area contributed by atoms with Crippen LogP contribution in [0.3, 0.4) is 0 Å². The van der Waals surface area contributed by atoms with Crippen LogP contribution in [0, 0.1) is 17.2 Å². The highest BCUT2D eigenvalue weighted by Gasteiger charge is 2.40. The van der Waals surface area contributed by atoms with Crippen LogP contribution in [0.15, 0.2) is 18.2 Å². The van der Waals surface area contributed by atoms with Gasteiger partial charge in [0.15, 0.2) is 0 Å². The molecule has 10 nitrogen and oxygen atoms in total. The number of hydrogen-bond donors (Lipinski definition) is 3. The number of sulfonamides is 1. The van der Waals surface area contributed by atoms with Gasteiger partial charge in [0, 0.05) is 25.2 Å². The molecule has 3 N–H and O–H groups in total. The van der Waals surface area contributed by atoms with E-state index in [0.717, 1.165) is 12.3 Å². The molecule has 0 saturated carbocycles. The van der Waals surface area contributed by atoms with E-state index in [9.17, 15) is 36.3 Å². The van der Waals surface area contributed by atoms with Crippen LogP contribution < -0.4 is 14.8 Å². The maximum absolute atomic E-state index is 13.0. The van der Waals surface area contributed by atoms with E-state index >= 15 is 0 Å². The summed E-state index contributed by atoms with van der Waals surface area (Å²) >= 11 is 0. The Kier molecular flexibility index (Phi) is 8.75. The molecular weight excluding hydrogens is 493 g/mol. The molecule has 1 unspecified atom stereocenters. The fraction of sp³-hybridized carbons (Fsp3) is 0.571. The number of ether oxygens (including phenoxy) is 1. The third kappa shape index (κ3) is 8.68. The Morgan fingerprint density at radius 1 is 1.34 bits per heavy atom. The summed E-state index contributed by atoms with van der Waals surface area (Å²) < 4.78 is 67.6. The number of nitrogens with zero attached hydrogens (tertiary/aromatic N) is 2. The highest BCUT2D eigenvalue weighted by Crippen LogP contribution is 2.28. The van der Waals surface area contributed by atoms with Gasteiger partial charge >= 0.3 is 6.36 Å². The van der Waals surface area contributed by atoms with Gasteiger partial charge in [0.05, 0.1) is 29.4 Å². The molecule has 0 spiro atoms. The zero-order chi connectivity index (χ0) is 26.6. The normalized spacial score (nSPS) is 17.9. The van der Waals surface area contributed by atoms with Crippen molar-refractivity contribution >= 4 is 21.8 Å². The summed E-state index contributed by atoms with van der Waals surface area (Å²) in [5.74, 6) is -2.55. The minimum atomic E-state index is -4.99. The first-order valence-electron chi connectivity index (χ1n) is 10.5. The van der Waals surface area contributed by atoms with Gasteiger partial charge in [-0.25, -0.2) is 13.1 Å². The molecule has 1 fully saturated rings. The summed E-state index contributed by atoms with van der Waals surface area (Å²) in [4.78, 5) is 27.0. The van der Waals surface area contributed by atoms with E-state index in [1.807, 2.05) is 0 Å². The number of nitrogens with one attached hydrogen (secondary N) is 2. The summed E-state index contributed by atoms with van der Waals surface area (Å²) in [7, 11) is -3.83. The van der Waals surface area contributed by atoms with Gasteiger partial charge in [-0.05, 0) is 38.8 Å². The van der Waals surface area contributed by atoms with Crippen LogP contribution in [0.5, 0.6) is 5.75 Å². The van der Waals surface area contributed by atoms with Gasteiger partial charge in [-0.1, -0.05) is 6.07 Å². The van der Waals surface area contributed by atoms with E-state index in [0.29, 0.717) is 12.8 Å². The molecule has 1 saturated heterocycles. The van der Waals surface area contributed by atoms with E-state index in [1.165, 1.54) is 30.9 Å². The second-order valence-corrected chi connectivity index (χ2v) is 10.6. The molecule has 0 aliphatic carbocycles. The number of aliphatic hydroxyl groups is 1. The quantitative estimate of drug-likeness (QED) is 0.463. The number of carbonyl (C=O) groups is 2. The molecule has 0 bridgehead atoms. The number of alkyl halides is 3. The van der Waals surface area contributed by atoms with E-state index < -0.39 is 51.5 Å². The minimum Gasteiger partial charge on any atom is -0.405 e. The number of likely N-dealkylation sites (tertiary alicyclic amines) is 1. The summed E-state index contributed by atoms with van der Waals surface area (Å²) in [6.07, 6.45) is -3.33. The Labute approximate surface area is 201 Å². The molecule has 2 amide bonds. The van der Waals surface area contributed by atoms with Crippen LogP contribution in [0.2, 0.25) is 0 Å². The van der Waals surface area contributed by atoms with Crippen LogP contribution in [0.4, 0.5) is 13.2 Å². The first-order chi connectivity index (χ1) is 16.0. The summed E-state index contributed by atoms with van der Waals surface area (Å²) in [6.45, 7) is 2.41. The highest BCUT2D eigenvalue weighted by molar-refractivity contribution is 7.88. The Morgan fingerprint density at radius 3 is 2.54 bits per heavy atom. The predicted octanol–water partition coefficient (Wildman–Crippen LogP) is 1.00. The summed E-state index contributed by atoms with van der Waals surface area (Å²) in [5.41, 5.74) is -1.78. The van der Waals surface area contributed by atoms with Crippen molar-refractivity contribution in [3.63, 3.8) is 0 Å². The summed E-state index contributed by atoms with van der Waals surface area (Å²) in [6, 6.07) is 3.69. The lowest BCUT2D eigenvalue weighted by atomic mass is 9.93. The first kappa shape index (κ1) is 28.3. The zero-order valence-corrected chi connectivity index (χ0v) is 20.2. The number of rotatable bonds is 8. The standard InChI is InChI=1S/C21H27F3N4O6S/c1-20(2,31)17(27-35(3,32)33)19(30)28-8-4-5-15(12-28)18(29)26-11-14-7-6-13(10-25)9-16(14)34-21(22,23)24/h6-7,9,15,17,27,31H,4-5,8,11-12H2,1-3H3,(H,26,29)/t15?,17-/m0/s1. The monoisotopic (exact) mass is 520 g/mol. The van der Waals surface area contributed by atoms with Gasteiger partial charge in [0.2, 0.25) is 21.8 Å². The number of nitriles is 1. The predicted molar refractivity (Wildman–Crippen MR) is 117 cm³/mol. The SMILES string of the molecule is CC(C)(O)[C@@H](NS(C)(=O)=O)C(=O)N1CCCC(C(=O)NCc2ccc(C#N)cc2OC(F)(F)F)C1. The van der Waals surface area contributed by atoms with Crippen molar-refractivity contribution < 1.29 is 41.0 Å². The molecule has 35 heavy (non-hydrogen) atoms. The Morgan fingerprint density at radius 2 is 2.00 bits per heavy atom. The smallest absolute Gasteiger partial charge is 0.405 e. The van der Waals surface area contributed by atoms with Gasteiger partial charge < -0.3 is 20.1 Å². The van der Waals surface area contributed by atoms with Crippen molar-refractivity contribution in [2.24, 2.45) is 5.92 Å². The van der Waals surface area contributed by atoms with Crippen molar-refractivity contribution in [2.45, 2.75) is 51.2 Å². The fourth-order valence-electron chi connectivity index (χ4n) is 3.60. The average molecular weight is 521 g/mol. The fourth-order valence-corrected chi connectivity index (χ4v) is 4.42. The van der Waals surface area contributed by atoms with Crippen LogP contribution >= 0.6 is 0 Å². The second kappa shape index (κ2) is 10.8. The Hall–Kier alpha value is -2.89. The zero-order valence-electron chi connectivity index (χ0n) is 19.3. The molecule has 2 atom stereocenters. The van der Waals surface area contributed by atoms with Crippen LogP contribution in [0.1, 0.15) is 37.8 Å². The first-order valence-corrected chi connectivity index (χ1v) is 12.4. The van der Waals surface area contributed by atoms with Crippen LogP contribution in [-0.4, -0.2) is 67.6 Å². The second-order valence-electron chi connectivity index (χ2n) is 8.80. The number of hydrogen-bond acceptors (Lipinski definition) is 7. The topological polar surface area (TPSA) is 149 Å². The third-order valence-corrected chi connectivity index (χ3v) is 5.93. The molecule has 2 rings (SSSR count). The Balaban J connectivity index is 2.11. The molecule has 1 heterocycles. The van der Waals surface area contributed by atoms with Gasteiger partial charge in [-0.2, -0.15) is 5.26 Å². The molecule has 1 aromatic carbocycles.